The molecule has 0 aliphatic heterocycles. The van der Waals surface area contributed by atoms with Crippen molar-refractivity contribution < 1.29 is 14.8 Å². The van der Waals surface area contributed by atoms with Crippen molar-refractivity contribution in [2.45, 2.75) is 20.8 Å². The summed E-state index contributed by atoms with van der Waals surface area (Å²) in [6.45, 7) is 5.78. The number of nitro groups is 1. The minimum atomic E-state index is -0.977. The number of hydrogen-bond donors (Lipinski definition) is 2. The van der Waals surface area contributed by atoms with Crippen LogP contribution in [0.1, 0.15) is 32.9 Å². The second-order valence-electron chi connectivity index (χ2n) is 6.50. The van der Waals surface area contributed by atoms with Gasteiger partial charge in [-0.1, -0.05) is 6.07 Å². The highest BCUT2D eigenvalue weighted by atomic mass is 16.6. The molecule has 0 spiro atoms. The molecule has 0 aliphatic rings. The van der Waals surface area contributed by atoms with Gasteiger partial charge in [0, 0.05) is 28.7 Å². The largest absolute Gasteiger partial charge is 0.478 e. The molecule has 0 saturated heterocycles. The number of benzene rings is 1. The Morgan fingerprint density at radius 2 is 2.00 bits per heavy atom. The van der Waals surface area contributed by atoms with E-state index in [2.05, 4.69) is 15.5 Å². The highest BCUT2D eigenvalue weighted by Crippen LogP contribution is 2.24. The van der Waals surface area contributed by atoms with Crippen molar-refractivity contribution in [3.63, 3.8) is 0 Å². The third-order valence-electron chi connectivity index (χ3n) is 4.51. The molecule has 148 valence electrons. The van der Waals surface area contributed by atoms with Crippen LogP contribution in [0.4, 0.5) is 11.5 Å². The molecule has 1 aromatic carbocycles. The third-order valence-corrected chi connectivity index (χ3v) is 4.51. The summed E-state index contributed by atoms with van der Waals surface area (Å²) < 4.78 is 1.98. The van der Waals surface area contributed by atoms with Gasteiger partial charge in [-0.3, -0.25) is 15.5 Å². The van der Waals surface area contributed by atoms with E-state index in [4.69, 9.17) is 0 Å². The highest BCUT2D eigenvalue weighted by molar-refractivity contribution is 5.88. The van der Waals surface area contributed by atoms with Crippen LogP contribution in [0.5, 0.6) is 0 Å². The van der Waals surface area contributed by atoms with E-state index in [1.54, 1.807) is 24.4 Å². The van der Waals surface area contributed by atoms with Crippen molar-refractivity contribution in [2.75, 3.05) is 5.43 Å². The third kappa shape index (κ3) is 4.13. The number of hydrogen-bond acceptors (Lipinski definition) is 6. The van der Waals surface area contributed by atoms with E-state index in [0.29, 0.717) is 5.82 Å². The maximum absolute atomic E-state index is 11.3. The fraction of sp³-hybridized carbons (Fsp3) is 0.150. The molecule has 0 atom stereocenters. The predicted octanol–water partition coefficient (Wildman–Crippen LogP) is 3.85. The van der Waals surface area contributed by atoms with Gasteiger partial charge in [0.1, 0.15) is 12.0 Å². The first-order valence-corrected chi connectivity index (χ1v) is 8.70. The average Bonchev–Trinajstić information content (AvgIpc) is 2.96. The monoisotopic (exact) mass is 393 g/mol. The van der Waals surface area contributed by atoms with E-state index < -0.39 is 10.9 Å². The van der Waals surface area contributed by atoms with Gasteiger partial charge < -0.3 is 9.67 Å². The van der Waals surface area contributed by atoms with Crippen molar-refractivity contribution in [3.8, 4) is 5.69 Å². The minimum absolute atomic E-state index is 0.0953. The van der Waals surface area contributed by atoms with Crippen LogP contribution in [0.3, 0.4) is 0 Å². The van der Waals surface area contributed by atoms with Gasteiger partial charge in [-0.15, -0.1) is 0 Å². The van der Waals surface area contributed by atoms with Crippen molar-refractivity contribution in [1.29, 1.82) is 0 Å². The summed E-state index contributed by atoms with van der Waals surface area (Å²) in [6.07, 6.45) is 2.78. The molecule has 0 bridgehead atoms. The van der Waals surface area contributed by atoms with E-state index >= 15 is 0 Å². The molecular formula is C20H19N5O4. The van der Waals surface area contributed by atoms with Crippen LogP contribution in [-0.4, -0.2) is 31.8 Å². The fourth-order valence-corrected chi connectivity index (χ4v) is 3.00. The van der Waals surface area contributed by atoms with Crippen LogP contribution in [0, 0.1) is 30.9 Å². The van der Waals surface area contributed by atoms with Gasteiger partial charge in [-0.05, 0) is 50.6 Å². The van der Waals surface area contributed by atoms with Crippen LogP contribution in [0.2, 0.25) is 0 Å². The topological polar surface area (TPSA) is 123 Å². The number of anilines is 1. The summed E-state index contributed by atoms with van der Waals surface area (Å²) in [5.41, 5.74) is 7.29. The number of carboxylic acid groups (broad SMARTS) is 1. The molecule has 29 heavy (non-hydrogen) atoms. The number of pyridine rings is 1. The van der Waals surface area contributed by atoms with Gasteiger partial charge in [0.05, 0.1) is 16.7 Å². The minimum Gasteiger partial charge on any atom is -0.478 e. The molecule has 0 saturated carbocycles. The summed E-state index contributed by atoms with van der Waals surface area (Å²) in [5.74, 6) is -0.596. The molecule has 0 radical (unpaired) electrons. The number of nitrogens with zero attached hydrogens (tertiary/aromatic N) is 4. The van der Waals surface area contributed by atoms with Gasteiger partial charge in [0.2, 0.25) is 0 Å². The zero-order chi connectivity index (χ0) is 21.1. The Labute approximate surface area is 166 Å². The van der Waals surface area contributed by atoms with Gasteiger partial charge in [0.15, 0.2) is 0 Å². The first-order valence-electron chi connectivity index (χ1n) is 8.70. The summed E-state index contributed by atoms with van der Waals surface area (Å²) in [7, 11) is 0. The number of carbonyl (C=O) groups is 1. The normalized spacial score (nSPS) is 11.0. The van der Waals surface area contributed by atoms with E-state index in [1.807, 2.05) is 31.4 Å². The maximum atomic E-state index is 11.3. The van der Waals surface area contributed by atoms with Crippen molar-refractivity contribution >= 4 is 23.7 Å². The molecule has 3 rings (SSSR count). The highest BCUT2D eigenvalue weighted by Gasteiger charge is 2.14. The first-order chi connectivity index (χ1) is 13.8. The number of rotatable bonds is 6. The summed E-state index contributed by atoms with van der Waals surface area (Å²) in [5, 5.41) is 24.1. The van der Waals surface area contributed by atoms with E-state index in [9.17, 15) is 20.0 Å². The lowest BCUT2D eigenvalue weighted by Gasteiger charge is -2.13. The van der Waals surface area contributed by atoms with E-state index in [1.165, 1.54) is 12.1 Å². The average molecular weight is 393 g/mol. The molecule has 0 fully saturated rings. The van der Waals surface area contributed by atoms with Crippen molar-refractivity contribution in [2.24, 2.45) is 5.10 Å². The van der Waals surface area contributed by atoms with Crippen LogP contribution in [0.25, 0.3) is 5.69 Å². The van der Waals surface area contributed by atoms with Gasteiger partial charge in [-0.2, -0.15) is 5.10 Å². The Bertz CT molecular complexity index is 1120. The standard InChI is InChI=1S/C20H19N5O4/c1-12-4-5-15(20(26)27)9-18(12)24-13(2)8-16(14(24)3)10-22-23-19-7-6-17(11-21-19)25(28)29/h4-11H,1-3H3,(H,21,23)(H,26,27)/b22-10+. The number of nitrogens with one attached hydrogen (secondary N) is 1. The zero-order valence-electron chi connectivity index (χ0n) is 16.1. The zero-order valence-corrected chi connectivity index (χ0v) is 16.1. The number of aryl methyl sites for hydroxylation is 2. The lowest BCUT2D eigenvalue weighted by atomic mass is 10.1. The molecule has 3 aromatic rings. The Morgan fingerprint density at radius 3 is 2.62 bits per heavy atom. The molecule has 2 aromatic heterocycles. The van der Waals surface area contributed by atoms with E-state index in [0.717, 1.165) is 34.4 Å². The Balaban J connectivity index is 1.86. The fourth-order valence-electron chi connectivity index (χ4n) is 3.00. The quantitative estimate of drug-likeness (QED) is 0.372. The van der Waals surface area contributed by atoms with Crippen LogP contribution >= 0.6 is 0 Å². The predicted molar refractivity (Wildman–Crippen MR) is 109 cm³/mol. The summed E-state index contributed by atoms with van der Waals surface area (Å²) in [4.78, 5) is 25.4. The summed E-state index contributed by atoms with van der Waals surface area (Å²) >= 11 is 0. The number of carboxylic acids is 1. The Hall–Kier alpha value is -4.01. The molecule has 0 aliphatic carbocycles. The van der Waals surface area contributed by atoms with Crippen LogP contribution in [-0.2, 0) is 0 Å². The Morgan fingerprint density at radius 1 is 1.24 bits per heavy atom. The second kappa shape index (κ2) is 7.93. The molecule has 0 amide bonds. The SMILES string of the molecule is Cc1ccc(C(=O)O)cc1-n1c(C)cc(/C=N/Nc2ccc([N+](=O)[O-])cn2)c1C. The van der Waals surface area contributed by atoms with Crippen LogP contribution in [0.15, 0.2) is 47.7 Å². The molecule has 9 heteroatoms. The smallest absolute Gasteiger partial charge is 0.335 e. The summed E-state index contributed by atoms with van der Waals surface area (Å²) in [6, 6.07) is 9.77. The number of hydrazone groups is 1. The molecule has 2 heterocycles. The van der Waals surface area contributed by atoms with Gasteiger partial charge >= 0.3 is 5.97 Å². The maximum Gasteiger partial charge on any atom is 0.335 e. The van der Waals surface area contributed by atoms with Crippen LogP contribution < -0.4 is 5.43 Å². The molecule has 0 unspecified atom stereocenters. The number of aromatic carboxylic acids is 1. The van der Waals surface area contributed by atoms with E-state index in [-0.39, 0.29) is 11.3 Å². The Kier molecular flexibility index (Phi) is 5.40. The molecular weight excluding hydrogens is 374 g/mol. The van der Waals surface area contributed by atoms with Crippen molar-refractivity contribution in [1.82, 2.24) is 9.55 Å². The molecule has 2 N–H and O–H groups in total. The van der Waals surface area contributed by atoms with Gasteiger partial charge in [-0.25, -0.2) is 9.78 Å². The lowest BCUT2D eigenvalue weighted by Crippen LogP contribution is -2.05. The second-order valence-corrected chi connectivity index (χ2v) is 6.50. The van der Waals surface area contributed by atoms with Gasteiger partial charge in [0.25, 0.3) is 5.69 Å². The van der Waals surface area contributed by atoms with Crippen molar-refractivity contribution in [3.05, 3.63) is 80.8 Å². The lowest BCUT2D eigenvalue weighted by molar-refractivity contribution is -0.385. The first kappa shape index (κ1) is 19.7. The number of aromatic nitrogens is 2. The molecule has 9 nitrogen and oxygen atoms in total.